The summed E-state index contributed by atoms with van der Waals surface area (Å²) in [5.41, 5.74) is 7.43. The Kier molecular flexibility index (Phi) is 2.44. The first-order valence-corrected chi connectivity index (χ1v) is 4.74. The summed E-state index contributed by atoms with van der Waals surface area (Å²) in [6, 6.07) is 5.11. The second kappa shape index (κ2) is 3.77. The van der Waals surface area contributed by atoms with E-state index in [1.54, 1.807) is 18.2 Å². The molecule has 82 valence electrons. The lowest BCUT2D eigenvalue weighted by Gasteiger charge is -2.04. The summed E-state index contributed by atoms with van der Waals surface area (Å²) in [7, 11) is 1.34. The van der Waals surface area contributed by atoms with Gasteiger partial charge < -0.3 is 10.5 Å². The van der Waals surface area contributed by atoms with Gasteiger partial charge in [-0.15, -0.1) is 0 Å². The topological polar surface area (TPSA) is 78.1 Å². The van der Waals surface area contributed by atoms with Crippen molar-refractivity contribution in [1.82, 2.24) is 9.97 Å². The smallest absolute Gasteiger partial charge is 0.337 e. The van der Waals surface area contributed by atoms with E-state index in [2.05, 4.69) is 14.7 Å². The van der Waals surface area contributed by atoms with Crippen LogP contribution in [0.25, 0.3) is 10.9 Å². The fraction of sp³-hybridized carbons (Fsp3) is 0.182. The molecule has 1 aromatic heterocycles. The zero-order chi connectivity index (χ0) is 11.7. The molecule has 16 heavy (non-hydrogen) atoms. The highest BCUT2D eigenvalue weighted by molar-refractivity contribution is 5.94. The number of nitrogen functional groups attached to an aromatic ring is 1. The molecule has 0 aliphatic heterocycles. The summed E-state index contributed by atoms with van der Waals surface area (Å²) in [6.07, 6.45) is 0. The Hall–Kier alpha value is -2.17. The highest BCUT2D eigenvalue weighted by atomic mass is 16.5. The third kappa shape index (κ3) is 1.67. The van der Waals surface area contributed by atoms with Crippen LogP contribution in [0.2, 0.25) is 0 Å². The van der Waals surface area contributed by atoms with Gasteiger partial charge >= 0.3 is 5.97 Å². The molecule has 0 aliphatic carbocycles. The van der Waals surface area contributed by atoms with Gasteiger partial charge in [-0.25, -0.2) is 14.8 Å². The molecule has 0 bridgehead atoms. The number of methoxy groups -OCH3 is 1. The van der Waals surface area contributed by atoms with Crippen molar-refractivity contribution in [2.24, 2.45) is 0 Å². The minimum absolute atomic E-state index is 0.201. The van der Waals surface area contributed by atoms with Crippen LogP contribution in [0.1, 0.15) is 16.1 Å². The number of aryl methyl sites for hydroxylation is 1. The monoisotopic (exact) mass is 217 g/mol. The minimum Gasteiger partial charge on any atom is -0.465 e. The van der Waals surface area contributed by atoms with Crippen molar-refractivity contribution < 1.29 is 9.53 Å². The Morgan fingerprint density at radius 1 is 1.38 bits per heavy atom. The molecular weight excluding hydrogens is 206 g/mol. The van der Waals surface area contributed by atoms with Gasteiger partial charge in [0.1, 0.15) is 0 Å². The van der Waals surface area contributed by atoms with Crippen molar-refractivity contribution in [3.63, 3.8) is 0 Å². The van der Waals surface area contributed by atoms with E-state index in [1.165, 1.54) is 7.11 Å². The molecular formula is C11H11N3O2. The van der Waals surface area contributed by atoms with Crippen molar-refractivity contribution in [3.05, 3.63) is 29.5 Å². The average Bonchev–Trinajstić information content (AvgIpc) is 2.27. The SMILES string of the molecule is COC(=O)c1ccc2c(C)nc(N)nc2c1. The van der Waals surface area contributed by atoms with Crippen LogP contribution in [0.4, 0.5) is 5.95 Å². The lowest BCUT2D eigenvalue weighted by Crippen LogP contribution is -2.03. The van der Waals surface area contributed by atoms with E-state index in [9.17, 15) is 4.79 Å². The number of fused-ring (bicyclic) bond motifs is 1. The van der Waals surface area contributed by atoms with E-state index in [0.717, 1.165) is 11.1 Å². The van der Waals surface area contributed by atoms with Gasteiger partial charge in [0, 0.05) is 5.39 Å². The van der Waals surface area contributed by atoms with E-state index >= 15 is 0 Å². The molecule has 0 unspecified atom stereocenters. The molecule has 1 aromatic carbocycles. The number of carbonyl (C=O) groups excluding carboxylic acids is 1. The van der Waals surface area contributed by atoms with Gasteiger partial charge in [0.2, 0.25) is 5.95 Å². The maximum atomic E-state index is 11.3. The molecule has 0 radical (unpaired) electrons. The number of anilines is 1. The summed E-state index contributed by atoms with van der Waals surface area (Å²) < 4.78 is 4.63. The predicted octanol–water partition coefficient (Wildman–Crippen LogP) is 1.31. The zero-order valence-electron chi connectivity index (χ0n) is 9.02. The maximum Gasteiger partial charge on any atom is 0.337 e. The Labute approximate surface area is 92.3 Å². The Bertz CT molecular complexity index is 566. The minimum atomic E-state index is -0.392. The average molecular weight is 217 g/mol. The molecule has 2 rings (SSSR count). The van der Waals surface area contributed by atoms with Crippen molar-refractivity contribution >= 4 is 22.8 Å². The van der Waals surface area contributed by atoms with Crippen LogP contribution in [0, 0.1) is 6.92 Å². The number of carbonyl (C=O) groups is 1. The number of benzene rings is 1. The zero-order valence-corrected chi connectivity index (χ0v) is 9.02. The molecule has 0 saturated carbocycles. The fourth-order valence-corrected chi connectivity index (χ4v) is 1.56. The van der Waals surface area contributed by atoms with Crippen LogP contribution in [0.15, 0.2) is 18.2 Å². The summed E-state index contributed by atoms with van der Waals surface area (Å²) in [5, 5.41) is 0.877. The van der Waals surface area contributed by atoms with Gasteiger partial charge in [0.05, 0.1) is 23.9 Å². The number of hydrogen-bond donors (Lipinski definition) is 1. The molecule has 5 nitrogen and oxygen atoms in total. The second-order valence-corrected chi connectivity index (χ2v) is 3.39. The van der Waals surface area contributed by atoms with Crippen molar-refractivity contribution in [1.29, 1.82) is 0 Å². The summed E-state index contributed by atoms with van der Waals surface area (Å²) in [5.74, 6) is -0.191. The van der Waals surface area contributed by atoms with Crippen molar-refractivity contribution in [2.75, 3.05) is 12.8 Å². The Morgan fingerprint density at radius 3 is 2.81 bits per heavy atom. The summed E-state index contributed by atoms with van der Waals surface area (Å²) in [6.45, 7) is 1.85. The van der Waals surface area contributed by atoms with E-state index < -0.39 is 5.97 Å². The standard InChI is InChI=1S/C11H11N3O2/c1-6-8-4-3-7(10(15)16-2)5-9(8)14-11(12)13-6/h3-5H,1-2H3,(H2,12,13,14). The van der Waals surface area contributed by atoms with Gasteiger partial charge in [0.15, 0.2) is 0 Å². The highest BCUT2D eigenvalue weighted by Gasteiger charge is 2.08. The molecule has 1 heterocycles. The van der Waals surface area contributed by atoms with Crippen LogP contribution in [-0.2, 0) is 4.74 Å². The van der Waals surface area contributed by atoms with E-state index in [0.29, 0.717) is 11.1 Å². The number of ether oxygens (including phenoxy) is 1. The van der Waals surface area contributed by atoms with E-state index in [1.807, 2.05) is 6.92 Å². The van der Waals surface area contributed by atoms with Gasteiger partial charge in [-0.3, -0.25) is 0 Å². The Morgan fingerprint density at radius 2 is 2.12 bits per heavy atom. The molecule has 0 saturated heterocycles. The van der Waals surface area contributed by atoms with Gasteiger partial charge in [0.25, 0.3) is 0 Å². The van der Waals surface area contributed by atoms with E-state index in [-0.39, 0.29) is 5.95 Å². The Balaban J connectivity index is 2.66. The number of esters is 1. The largest absolute Gasteiger partial charge is 0.465 e. The summed E-state index contributed by atoms with van der Waals surface area (Å²) >= 11 is 0. The maximum absolute atomic E-state index is 11.3. The van der Waals surface area contributed by atoms with Gasteiger partial charge in [-0.05, 0) is 19.1 Å². The number of rotatable bonds is 1. The van der Waals surface area contributed by atoms with Crippen LogP contribution >= 0.6 is 0 Å². The van der Waals surface area contributed by atoms with Crippen LogP contribution in [0.5, 0.6) is 0 Å². The molecule has 5 heteroatoms. The first kappa shape index (κ1) is 10.4. The number of hydrogen-bond acceptors (Lipinski definition) is 5. The number of nitrogens with two attached hydrogens (primary N) is 1. The molecule has 0 atom stereocenters. The molecule has 0 amide bonds. The van der Waals surface area contributed by atoms with Crippen LogP contribution in [-0.4, -0.2) is 23.0 Å². The molecule has 2 aromatic rings. The van der Waals surface area contributed by atoms with Crippen molar-refractivity contribution in [3.8, 4) is 0 Å². The lowest BCUT2D eigenvalue weighted by molar-refractivity contribution is 0.0601. The van der Waals surface area contributed by atoms with Crippen LogP contribution < -0.4 is 5.73 Å². The second-order valence-electron chi connectivity index (χ2n) is 3.39. The molecule has 0 spiro atoms. The number of nitrogens with zero attached hydrogens (tertiary/aromatic N) is 2. The predicted molar refractivity (Wildman–Crippen MR) is 60.0 cm³/mol. The normalized spacial score (nSPS) is 10.4. The van der Waals surface area contributed by atoms with E-state index in [4.69, 9.17) is 5.73 Å². The first-order chi connectivity index (χ1) is 7.61. The molecule has 0 aliphatic rings. The third-order valence-electron chi connectivity index (χ3n) is 2.33. The number of aromatic nitrogens is 2. The fourth-order valence-electron chi connectivity index (χ4n) is 1.56. The first-order valence-electron chi connectivity index (χ1n) is 4.74. The molecule has 2 N–H and O–H groups in total. The van der Waals surface area contributed by atoms with Crippen molar-refractivity contribution in [2.45, 2.75) is 6.92 Å². The quantitative estimate of drug-likeness (QED) is 0.728. The lowest BCUT2D eigenvalue weighted by atomic mass is 10.1. The van der Waals surface area contributed by atoms with Crippen LogP contribution in [0.3, 0.4) is 0 Å². The summed E-state index contributed by atoms with van der Waals surface area (Å²) in [4.78, 5) is 19.4. The van der Waals surface area contributed by atoms with Gasteiger partial charge in [-0.2, -0.15) is 0 Å². The third-order valence-corrected chi connectivity index (χ3v) is 2.33. The molecule has 0 fully saturated rings. The van der Waals surface area contributed by atoms with Gasteiger partial charge in [-0.1, -0.05) is 6.07 Å². The highest BCUT2D eigenvalue weighted by Crippen LogP contribution is 2.18.